The van der Waals surface area contributed by atoms with Gasteiger partial charge in [-0.05, 0) is 55.1 Å². The number of carboxylic acid groups (broad SMARTS) is 1. The van der Waals surface area contributed by atoms with Gasteiger partial charge in [-0.15, -0.1) is 0 Å². The first-order valence-electron chi connectivity index (χ1n) is 9.62. The summed E-state index contributed by atoms with van der Waals surface area (Å²) in [7, 11) is 0. The summed E-state index contributed by atoms with van der Waals surface area (Å²) in [6.07, 6.45) is 5.58. The summed E-state index contributed by atoms with van der Waals surface area (Å²) < 4.78 is 0. The molecule has 0 amide bonds. The molecule has 0 aliphatic heterocycles. The standard InChI is InChI=1S/C21H25N3O4/c1-2-3-4-9-22-17-10-14-5-6-16(11-15(14)12-17)23-20-8-7-18(24(27)28)13-19(20)21(25)26/h5-8,11,13,17,22-23H,2-4,9-10,12H2,1H3,(H,25,26). The number of nitrogens with one attached hydrogen (secondary N) is 2. The summed E-state index contributed by atoms with van der Waals surface area (Å²) in [6.45, 7) is 3.23. The fourth-order valence-electron chi connectivity index (χ4n) is 3.61. The number of nitro groups is 1. The Labute approximate surface area is 163 Å². The molecule has 2 aromatic carbocycles. The molecule has 28 heavy (non-hydrogen) atoms. The third-order valence-electron chi connectivity index (χ3n) is 5.08. The Morgan fingerprint density at radius 1 is 1.18 bits per heavy atom. The summed E-state index contributed by atoms with van der Waals surface area (Å²) >= 11 is 0. The average Bonchev–Trinajstić information content (AvgIpc) is 3.07. The molecule has 7 heteroatoms. The van der Waals surface area contributed by atoms with Gasteiger partial charge in [0.1, 0.15) is 0 Å². The first kappa shape index (κ1) is 19.8. The minimum absolute atomic E-state index is 0.120. The highest BCUT2D eigenvalue weighted by Crippen LogP contribution is 2.29. The van der Waals surface area contributed by atoms with Crippen LogP contribution in [0.25, 0.3) is 0 Å². The first-order chi connectivity index (χ1) is 13.5. The molecular weight excluding hydrogens is 358 g/mol. The van der Waals surface area contributed by atoms with Crippen LogP contribution in [0.3, 0.4) is 0 Å². The number of hydrogen-bond acceptors (Lipinski definition) is 5. The molecule has 0 aromatic heterocycles. The van der Waals surface area contributed by atoms with Gasteiger partial charge >= 0.3 is 5.97 Å². The highest BCUT2D eigenvalue weighted by atomic mass is 16.6. The van der Waals surface area contributed by atoms with Gasteiger partial charge in [0.25, 0.3) is 5.69 Å². The molecular formula is C21H25N3O4. The molecule has 0 fully saturated rings. The molecule has 0 saturated carbocycles. The van der Waals surface area contributed by atoms with Crippen molar-refractivity contribution in [3.63, 3.8) is 0 Å². The van der Waals surface area contributed by atoms with Gasteiger partial charge in [-0.2, -0.15) is 0 Å². The number of rotatable bonds is 9. The lowest BCUT2D eigenvalue weighted by molar-refractivity contribution is -0.384. The maximum atomic E-state index is 11.5. The summed E-state index contributed by atoms with van der Waals surface area (Å²) in [5.41, 5.74) is 3.31. The molecule has 1 aliphatic rings. The number of carbonyl (C=O) groups is 1. The zero-order valence-corrected chi connectivity index (χ0v) is 15.9. The largest absolute Gasteiger partial charge is 0.478 e. The van der Waals surface area contributed by atoms with E-state index in [-0.39, 0.29) is 11.3 Å². The third kappa shape index (κ3) is 4.67. The number of hydrogen-bond donors (Lipinski definition) is 3. The monoisotopic (exact) mass is 383 g/mol. The van der Waals surface area contributed by atoms with Crippen LogP contribution < -0.4 is 10.6 Å². The normalized spacial score (nSPS) is 15.2. The van der Waals surface area contributed by atoms with Crippen molar-refractivity contribution in [2.45, 2.75) is 45.1 Å². The molecule has 1 atom stereocenters. The molecule has 3 rings (SSSR count). The van der Waals surface area contributed by atoms with E-state index in [1.807, 2.05) is 12.1 Å². The van der Waals surface area contributed by atoms with E-state index in [0.29, 0.717) is 11.7 Å². The van der Waals surface area contributed by atoms with Gasteiger partial charge in [0.15, 0.2) is 0 Å². The van der Waals surface area contributed by atoms with Crippen LogP contribution in [0.15, 0.2) is 36.4 Å². The zero-order chi connectivity index (χ0) is 20.1. The molecule has 1 unspecified atom stereocenters. The molecule has 0 heterocycles. The van der Waals surface area contributed by atoms with Crippen LogP contribution in [0.4, 0.5) is 17.1 Å². The molecule has 1 aliphatic carbocycles. The second-order valence-electron chi connectivity index (χ2n) is 7.17. The molecule has 0 radical (unpaired) electrons. The predicted octanol–water partition coefficient (Wildman–Crippen LogP) is 4.28. The van der Waals surface area contributed by atoms with Gasteiger partial charge in [0.05, 0.1) is 16.2 Å². The molecule has 0 bridgehead atoms. The van der Waals surface area contributed by atoms with E-state index in [0.717, 1.165) is 31.1 Å². The zero-order valence-electron chi connectivity index (χ0n) is 15.9. The fraction of sp³-hybridized carbons (Fsp3) is 0.381. The number of benzene rings is 2. The fourth-order valence-corrected chi connectivity index (χ4v) is 3.61. The molecule has 148 valence electrons. The maximum absolute atomic E-state index is 11.5. The van der Waals surface area contributed by atoms with Crippen LogP contribution in [-0.4, -0.2) is 28.6 Å². The van der Waals surface area contributed by atoms with E-state index in [9.17, 15) is 20.0 Å². The van der Waals surface area contributed by atoms with Gasteiger partial charge in [0, 0.05) is 23.9 Å². The van der Waals surface area contributed by atoms with Crippen molar-refractivity contribution in [1.82, 2.24) is 5.32 Å². The summed E-state index contributed by atoms with van der Waals surface area (Å²) in [4.78, 5) is 21.8. The predicted molar refractivity (Wildman–Crippen MR) is 109 cm³/mol. The van der Waals surface area contributed by atoms with Crippen molar-refractivity contribution in [3.8, 4) is 0 Å². The number of fused-ring (bicyclic) bond motifs is 1. The van der Waals surface area contributed by atoms with E-state index < -0.39 is 10.9 Å². The minimum Gasteiger partial charge on any atom is -0.478 e. The van der Waals surface area contributed by atoms with Gasteiger partial charge in [0.2, 0.25) is 0 Å². The second-order valence-corrected chi connectivity index (χ2v) is 7.17. The van der Waals surface area contributed by atoms with Crippen LogP contribution in [0.1, 0.15) is 47.7 Å². The number of nitrogens with zero attached hydrogens (tertiary/aromatic N) is 1. The highest BCUT2D eigenvalue weighted by molar-refractivity contribution is 5.96. The summed E-state index contributed by atoms with van der Waals surface area (Å²) in [5.74, 6) is -1.20. The molecule has 0 spiro atoms. The molecule has 7 nitrogen and oxygen atoms in total. The summed E-state index contributed by atoms with van der Waals surface area (Å²) in [5, 5.41) is 27.0. The topological polar surface area (TPSA) is 105 Å². The number of nitro benzene ring substituents is 1. The minimum atomic E-state index is -1.20. The van der Waals surface area contributed by atoms with E-state index in [2.05, 4.69) is 23.6 Å². The quantitative estimate of drug-likeness (QED) is 0.339. The number of aromatic carboxylic acids is 1. The van der Waals surface area contributed by atoms with Crippen LogP contribution in [0, 0.1) is 10.1 Å². The molecule has 2 aromatic rings. The van der Waals surface area contributed by atoms with Gasteiger partial charge in [-0.3, -0.25) is 10.1 Å². The van der Waals surface area contributed by atoms with Crippen molar-refractivity contribution < 1.29 is 14.8 Å². The number of carboxylic acids is 1. The Kier molecular flexibility index (Phi) is 6.26. The van der Waals surface area contributed by atoms with E-state index >= 15 is 0 Å². The van der Waals surface area contributed by atoms with Crippen molar-refractivity contribution in [2.75, 3.05) is 11.9 Å². The lowest BCUT2D eigenvalue weighted by Gasteiger charge is -2.11. The van der Waals surface area contributed by atoms with Crippen molar-refractivity contribution >= 4 is 23.0 Å². The van der Waals surface area contributed by atoms with Gasteiger partial charge in [-0.25, -0.2) is 4.79 Å². The van der Waals surface area contributed by atoms with E-state index in [1.165, 1.54) is 42.5 Å². The smallest absolute Gasteiger partial charge is 0.338 e. The average molecular weight is 383 g/mol. The Morgan fingerprint density at radius 3 is 2.68 bits per heavy atom. The SMILES string of the molecule is CCCCCNC1Cc2ccc(Nc3ccc([N+](=O)[O-])cc3C(=O)O)cc2C1. The Hall–Kier alpha value is -2.93. The maximum Gasteiger partial charge on any atom is 0.338 e. The van der Waals surface area contributed by atoms with E-state index in [1.54, 1.807) is 0 Å². The van der Waals surface area contributed by atoms with Crippen molar-refractivity contribution in [1.29, 1.82) is 0 Å². The third-order valence-corrected chi connectivity index (χ3v) is 5.08. The number of non-ortho nitro benzene ring substituents is 1. The van der Waals surface area contributed by atoms with Gasteiger partial charge < -0.3 is 15.7 Å². The molecule has 3 N–H and O–H groups in total. The van der Waals surface area contributed by atoms with Crippen LogP contribution in [0.2, 0.25) is 0 Å². The van der Waals surface area contributed by atoms with Crippen LogP contribution in [0.5, 0.6) is 0 Å². The Balaban J connectivity index is 1.71. The number of anilines is 2. The second kappa shape index (κ2) is 8.84. The summed E-state index contributed by atoms with van der Waals surface area (Å²) in [6, 6.07) is 10.3. The van der Waals surface area contributed by atoms with Gasteiger partial charge in [-0.1, -0.05) is 25.8 Å². The van der Waals surface area contributed by atoms with Crippen molar-refractivity contribution in [2.24, 2.45) is 0 Å². The molecule has 0 saturated heterocycles. The lowest BCUT2D eigenvalue weighted by atomic mass is 10.1. The van der Waals surface area contributed by atoms with Crippen LogP contribution in [-0.2, 0) is 12.8 Å². The highest BCUT2D eigenvalue weighted by Gasteiger charge is 2.21. The first-order valence-corrected chi connectivity index (χ1v) is 9.62. The van der Waals surface area contributed by atoms with Crippen molar-refractivity contribution in [3.05, 3.63) is 63.2 Å². The Morgan fingerprint density at radius 2 is 1.96 bits per heavy atom. The lowest BCUT2D eigenvalue weighted by Crippen LogP contribution is -2.30. The Bertz CT molecular complexity index is 882. The van der Waals surface area contributed by atoms with E-state index in [4.69, 9.17) is 0 Å². The van der Waals surface area contributed by atoms with Crippen LogP contribution >= 0.6 is 0 Å². The number of unbranched alkanes of at least 4 members (excludes halogenated alkanes) is 2.